The molecule has 0 bridgehead atoms. The van der Waals surface area contributed by atoms with Crippen molar-refractivity contribution in [3.8, 4) is 17.0 Å². The number of carbonyl (C=O) groups is 1. The Morgan fingerprint density at radius 1 is 1.19 bits per heavy atom. The molecule has 0 aliphatic carbocycles. The van der Waals surface area contributed by atoms with Gasteiger partial charge in [-0.15, -0.1) is 10.2 Å². The van der Waals surface area contributed by atoms with Gasteiger partial charge in [-0.3, -0.25) is 4.90 Å². The molecule has 0 spiro atoms. The quantitative estimate of drug-likeness (QED) is 0.522. The molecule has 1 amide bonds. The van der Waals surface area contributed by atoms with Gasteiger partial charge >= 0.3 is 6.09 Å². The average molecular weight is 494 g/mol. The van der Waals surface area contributed by atoms with Crippen molar-refractivity contribution in [1.29, 1.82) is 0 Å². The van der Waals surface area contributed by atoms with Gasteiger partial charge < -0.3 is 24.1 Å². The molecule has 9 nitrogen and oxygen atoms in total. The first-order valence-electron chi connectivity index (χ1n) is 12.6. The maximum Gasteiger partial charge on any atom is 0.410 e. The van der Waals surface area contributed by atoms with Crippen LogP contribution in [0.3, 0.4) is 0 Å². The van der Waals surface area contributed by atoms with Gasteiger partial charge in [0.1, 0.15) is 11.4 Å². The summed E-state index contributed by atoms with van der Waals surface area (Å²) in [4.78, 5) is 20.5. The highest BCUT2D eigenvalue weighted by molar-refractivity contribution is 5.86. The van der Waals surface area contributed by atoms with Crippen LogP contribution < -0.4 is 4.74 Å². The van der Waals surface area contributed by atoms with Crippen molar-refractivity contribution in [2.24, 2.45) is 0 Å². The van der Waals surface area contributed by atoms with Gasteiger partial charge in [-0.1, -0.05) is 12.1 Å². The van der Waals surface area contributed by atoms with Gasteiger partial charge in [0.15, 0.2) is 12.4 Å². The summed E-state index contributed by atoms with van der Waals surface area (Å²) >= 11 is 0. The van der Waals surface area contributed by atoms with Gasteiger partial charge in [0.25, 0.3) is 0 Å². The molecule has 192 valence electrons. The number of nitrogens with one attached hydrogen (secondary N) is 1. The summed E-state index contributed by atoms with van der Waals surface area (Å²) < 4.78 is 16.5. The lowest BCUT2D eigenvalue weighted by Crippen LogP contribution is -2.44. The molecule has 4 heterocycles. The van der Waals surface area contributed by atoms with Crippen LogP contribution in [0.5, 0.6) is 5.75 Å². The maximum absolute atomic E-state index is 12.6. The van der Waals surface area contributed by atoms with E-state index in [9.17, 15) is 4.79 Å². The fourth-order valence-electron chi connectivity index (χ4n) is 5.40. The molecular weight excluding hydrogens is 458 g/mol. The molecule has 9 heteroatoms. The summed E-state index contributed by atoms with van der Waals surface area (Å²) in [6.45, 7) is 10.5. The highest BCUT2D eigenvalue weighted by Gasteiger charge is 2.38. The number of benzene rings is 1. The largest absolute Gasteiger partial charge is 0.467 e. The standard InChI is InChI=1S/C27H35N5O4/c1-17-24-20-14-22(19-8-6-7-9-23(19)35-16-34-5)29-30-25(20)28-21(24)11-13-32(17)18-10-12-31(15-18)26(33)36-27(2,3)4/h6-9,14,17-18H,10-13,15-16H2,1-5H3,(H,28,30)/t17-,18?/m1/s1. The predicted octanol–water partition coefficient (Wildman–Crippen LogP) is 4.54. The van der Waals surface area contributed by atoms with Crippen molar-refractivity contribution >= 4 is 17.1 Å². The SMILES string of the molecule is COCOc1ccccc1-c1cc2c3c([nH]c2nn1)CCN(C1CCN(C(=O)OC(C)(C)C)C1)[C@@H]3C. The third-order valence-corrected chi connectivity index (χ3v) is 6.99. The van der Waals surface area contributed by atoms with E-state index in [1.165, 1.54) is 11.3 Å². The van der Waals surface area contributed by atoms with Crippen LogP contribution in [0, 0.1) is 0 Å². The Bertz CT molecular complexity index is 1250. The molecule has 1 unspecified atom stereocenters. The second-order valence-corrected chi connectivity index (χ2v) is 10.6. The number of likely N-dealkylation sites (tertiary alicyclic amines) is 1. The highest BCUT2D eigenvalue weighted by atomic mass is 16.7. The first-order valence-corrected chi connectivity index (χ1v) is 12.6. The molecule has 2 aliphatic rings. The van der Waals surface area contributed by atoms with Crippen molar-refractivity contribution in [2.75, 3.05) is 33.5 Å². The van der Waals surface area contributed by atoms with Crippen LogP contribution in [0.1, 0.15) is 51.4 Å². The van der Waals surface area contributed by atoms with Crippen LogP contribution in [0.25, 0.3) is 22.3 Å². The number of ether oxygens (including phenoxy) is 3. The Morgan fingerprint density at radius 2 is 2.00 bits per heavy atom. The zero-order valence-corrected chi connectivity index (χ0v) is 21.7. The molecule has 36 heavy (non-hydrogen) atoms. The van der Waals surface area contributed by atoms with Crippen LogP contribution in [-0.2, 0) is 15.9 Å². The smallest absolute Gasteiger partial charge is 0.410 e. The Hall–Kier alpha value is -3.17. The summed E-state index contributed by atoms with van der Waals surface area (Å²) in [5, 5.41) is 10.1. The first kappa shape index (κ1) is 24.5. The van der Waals surface area contributed by atoms with Crippen LogP contribution in [0.2, 0.25) is 0 Å². The minimum atomic E-state index is -0.488. The minimum absolute atomic E-state index is 0.167. The minimum Gasteiger partial charge on any atom is -0.467 e. The number of hydrogen-bond donors (Lipinski definition) is 1. The second kappa shape index (κ2) is 9.71. The van der Waals surface area contributed by atoms with Gasteiger partial charge in [0.2, 0.25) is 0 Å². The number of rotatable bonds is 5. The Balaban J connectivity index is 1.41. The summed E-state index contributed by atoms with van der Waals surface area (Å²) in [5.41, 5.74) is 4.43. The number of para-hydroxylation sites is 1. The van der Waals surface area contributed by atoms with E-state index in [0.717, 1.165) is 48.2 Å². The van der Waals surface area contributed by atoms with Crippen LogP contribution in [0.4, 0.5) is 4.79 Å². The van der Waals surface area contributed by atoms with E-state index in [0.29, 0.717) is 18.3 Å². The number of nitrogens with zero attached hydrogens (tertiary/aromatic N) is 4. The highest BCUT2D eigenvalue weighted by Crippen LogP contribution is 2.39. The molecule has 1 N–H and O–H groups in total. The van der Waals surface area contributed by atoms with Crippen LogP contribution in [-0.4, -0.2) is 76.3 Å². The molecule has 3 aromatic rings. The van der Waals surface area contributed by atoms with Gasteiger partial charge in [0.05, 0.1) is 5.69 Å². The molecule has 1 saturated heterocycles. The van der Waals surface area contributed by atoms with Crippen molar-refractivity contribution in [1.82, 2.24) is 25.0 Å². The van der Waals surface area contributed by atoms with Crippen molar-refractivity contribution < 1.29 is 19.0 Å². The third-order valence-electron chi connectivity index (χ3n) is 6.99. The number of fused-ring (bicyclic) bond motifs is 3. The molecule has 1 fully saturated rings. The number of carbonyl (C=O) groups excluding carboxylic acids is 1. The van der Waals surface area contributed by atoms with E-state index in [-0.39, 0.29) is 18.9 Å². The molecular formula is C27H35N5O4. The molecule has 2 aliphatic heterocycles. The molecule has 0 radical (unpaired) electrons. The first-order chi connectivity index (χ1) is 17.2. The molecule has 5 rings (SSSR count). The van der Waals surface area contributed by atoms with Crippen molar-refractivity contribution in [2.45, 2.75) is 58.2 Å². The maximum atomic E-state index is 12.6. The van der Waals surface area contributed by atoms with E-state index in [1.54, 1.807) is 7.11 Å². The summed E-state index contributed by atoms with van der Waals surface area (Å²) in [6, 6.07) is 10.4. The van der Waals surface area contributed by atoms with E-state index in [4.69, 9.17) is 14.2 Å². The summed E-state index contributed by atoms with van der Waals surface area (Å²) in [5.74, 6) is 0.709. The molecule has 2 atom stereocenters. The van der Waals surface area contributed by atoms with Crippen molar-refractivity contribution in [3.63, 3.8) is 0 Å². The number of amides is 1. The Kier molecular flexibility index (Phi) is 6.61. The lowest BCUT2D eigenvalue weighted by atomic mass is 9.95. The van der Waals surface area contributed by atoms with Crippen LogP contribution >= 0.6 is 0 Å². The number of H-pyrrole nitrogens is 1. The predicted molar refractivity (Wildman–Crippen MR) is 137 cm³/mol. The zero-order valence-electron chi connectivity index (χ0n) is 21.7. The lowest BCUT2D eigenvalue weighted by Gasteiger charge is -2.38. The lowest BCUT2D eigenvalue weighted by molar-refractivity contribution is 0.0271. The summed E-state index contributed by atoms with van der Waals surface area (Å²) in [7, 11) is 1.60. The number of aromatic nitrogens is 3. The van der Waals surface area contributed by atoms with E-state index < -0.39 is 5.60 Å². The topological polar surface area (TPSA) is 92.8 Å². The number of aromatic amines is 1. The Morgan fingerprint density at radius 3 is 2.78 bits per heavy atom. The second-order valence-electron chi connectivity index (χ2n) is 10.6. The van der Waals surface area contributed by atoms with Gasteiger partial charge in [-0.25, -0.2) is 4.79 Å². The molecule has 2 aromatic heterocycles. The van der Waals surface area contributed by atoms with Gasteiger partial charge in [0, 0.05) is 61.9 Å². The number of methoxy groups -OCH3 is 1. The Labute approximate surface area is 211 Å². The third kappa shape index (κ3) is 4.77. The van der Waals surface area contributed by atoms with E-state index in [1.807, 2.05) is 49.9 Å². The average Bonchev–Trinajstić information content (AvgIpc) is 3.47. The van der Waals surface area contributed by atoms with E-state index >= 15 is 0 Å². The fraction of sp³-hybridized carbons (Fsp3) is 0.519. The summed E-state index contributed by atoms with van der Waals surface area (Å²) in [6.07, 6.45) is 1.62. The van der Waals surface area contributed by atoms with Crippen molar-refractivity contribution in [3.05, 3.63) is 41.6 Å². The van der Waals surface area contributed by atoms with E-state index in [2.05, 4.69) is 33.1 Å². The fourth-order valence-corrected chi connectivity index (χ4v) is 5.40. The van der Waals surface area contributed by atoms with Gasteiger partial charge in [-0.05, 0) is 57.9 Å². The molecule has 1 aromatic carbocycles. The van der Waals surface area contributed by atoms with Gasteiger partial charge in [-0.2, -0.15) is 0 Å². The molecule has 0 saturated carbocycles. The monoisotopic (exact) mass is 493 g/mol. The normalized spacial score (nSPS) is 20.5. The number of hydrogen-bond acceptors (Lipinski definition) is 7. The zero-order chi connectivity index (χ0) is 25.4. The van der Waals surface area contributed by atoms with Crippen LogP contribution in [0.15, 0.2) is 30.3 Å².